The highest BCUT2D eigenvalue weighted by molar-refractivity contribution is 6.31. The Morgan fingerprint density at radius 2 is 1.00 bits per heavy atom. The lowest BCUT2D eigenvalue weighted by Gasteiger charge is -2.31. The lowest BCUT2D eigenvalue weighted by Crippen LogP contribution is -2.16. The Labute approximate surface area is 241 Å². The van der Waals surface area contributed by atoms with Gasteiger partial charge in [-0.1, -0.05) is 116 Å². The summed E-state index contributed by atoms with van der Waals surface area (Å²) in [7, 11) is 0. The topological polar surface area (TPSA) is 3.24 Å². The lowest BCUT2D eigenvalue weighted by atomic mass is 9.83. The molecule has 0 radical (unpaired) electrons. The average Bonchev–Trinajstić information content (AvgIpc) is 2.82. The van der Waals surface area contributed by atoms with Crippen LogP contribution >= 0.6 is 11.6 Å². The summed E-state index contributed by atoms with van der Waals surface area (Å²) in [4.78, 5) is 2.35. The van der Waals surface area contributed by atoms with Gasteiger partial charge in [0.1, 0.15) is 0 Å². The average molecular weight is 538 g/mol. The second kappa shape index (κ2) is 10.5. The van der Waals surface area contributed by atoms with Gasteiger partial charge in [0.2, 0.25) is 0 Å². The minimum atomic E-state index is 0.0322. The molecule has 0 aliphatic rings. The van der Waals surface area contributed by atoms with Crippen LogP contribution in [0.5, 0.6) is 0 Å². The molecule has 0 saturated heterocycles. The standard InChI is InChI=1S/C37H44ClN/c1-25-21-30(38)24-32(22-25)39(31-18-15-28(16-19-31)36(5,6)7)34-20-17-29(37(8,9)10)23-33(34)26-11-13-27(14-12-26)35(2,3)4/h11-24H,1-10H3. The number of benzene rings is 4. The summed E-state index contributed by atoms with van der Waals surface area (Å²) in [5, 5.41) is 0.740. The van der Waals surface area contributed by atoms with Crippen LogP contribution in [0.15, 0.2) is 84.9 Å². The third-order valence-corrected chi connectivity index (χ3v) is 7.66. The third-order valence-electron chi connectivity index (χ3n) is 7.44. The van der Waals surface area contributed by atoms with E-state index in [9.17, 15) is 0 Å². The molecule has 0 aromatic heterocycles. The van der Waals surface area contributed by atoms with Gasteiger partial charge in [0.25, 0.3) is 0 Å². The summed E-state index contributed by atoms with van der Waals surface area (Å²) in [5.41, 5.74) is 11.0. The molecule has 0 aliphatic heterocycles. The molecule has 0 fully saturated rings. The number of hydrogen-bond acceptors (Lipinski definition) is 1. The van der Waals surface area contributed by atoms with Crippen molar-refractivity contribution < 1.29 is 0 Å². The first-order chi connectivity index (χ1) is 18.0. The summed E-state index contributed by atoms with van der Waals surface area (Å²) < 4.78 is 0. The second-order valence-corrected chi connectivity index (χ2v) is 14.4. The zero-order valence-electron chi connectivity index (χ0n) is 25.4. The minimum absolute atomic E-state index is 0.0322. The summed E-state index contributed by atoms with van der Waals surface area (Å²) >= 11 is 6.63. The van der Waals surface area contributed by atoms with Crippen molar-refractivity contribution in [3.8, 4) is 11.1 Å². The van der Waals surface area contributed by atoms with Crippen LogP contribution in [0.25, 0.3) is 11.1 Å². The summed E-state index contributed by atoms with van der Waals surface area (Å²) in [6.45, 7) is 22.5. The Hall–Kier alpha value is -3.03. The molecule has 204 valence electrons. The van der Waals surface area contributed by atoms with E-state index in [0.29, 0.717) is 0 Å². The van der Waals surface area contributed by atoms with E-state index in [1.807, 2.05) is 6.07 Å². The van der Waals surface area contributed by atoms with Crippen LogP contribution in [0.1, 0.15) is 84.6 Å². The van der Waals surface area contributed by atoms with Crippen LogP contribution in [0.2, 0.25) is 5.02 Å². The summed E-state index contributed by atoms with van der Waals surface area (Å²) in [6, 6.07) is 31.3. The Balaban J connectivity index is 1.99. The van der Waals surface area contributed by atoms with Crippen molar-refractivity contribution in [2.24, 2.45) is 0 Å². The van der Waals surface area contributed by atoms with Gasteiger partial charge in [0.15, 0.2) is 0 Å². The molecule has 0 unspecified atom stereocenters. The molecular weight excluding hydrogens is 494 g/mol. The van der Waals surface area contributed by atoms with E-state index in [1.165, 1.54) is 27.8 Å². The molecule has 0 heterocycles. The maximum atomic E-state index is 6.63. The molecule has 0 aliphatic carbocycles. The molecule has 0 saturated carbocycles. The highest BCUT2D eigenvalue weighted by Crippen LogP contribution is 2.44. The quantitative estimate of drug-likeness (QED) is 0.250. The molecule has 0 atom stereocenters. The normalized spacial score (nSPS) is 12.5. The zero-order valence-corrected chi connectivity index (χ0v) is 26.2. The fourth-order valence-electron chi connectivity index (χ4n) is 4.96. The zero-order chi connectivity index (χ0) is 28.8. The van der Waals surface area contributed by atoms with E-state index in [1.54, 1.807) is 0 Å². The van der Waals surface area contributed by atoms with Crippen LogP contribution in [-0.4, -0.2) is 0 Å². The molecule has 2 heteroatoms. The molecule has 0 amide bonds. The number of aryl methyl sites for hydroxylation is 1. The Bertz CT molecular complexity index is 1420. The SMILES string of the molecule is Cc1cc(Cl)cc(N(c2ccc(C(C)(C)C)cc2)c2ccc(C(C)(C)C)cc2-c2ccc(C(C)(C)C)cc2)c1. The Kier molecular flexibility index (Phi) is 7.80. The number of halogens is 1. The highest BCUT2D eigenvalue weighted by atomic mass is 35.5. The molecule has 0 N–H and O–H groups in total. The molecule has 0 bridgehead atoms. The smallest absolute Gasteiger partial charge is 0.0540 e. The first-order valence-electron chi connectivity index (χ1n) is 14.0. The van der Waals surface area contributed by atoms with Crippen LogP contribution < -0.4 is 4.90 Å². The van der Waals surface area contributed by atoms with Crippen LogP contribution in [0.3, 0.4) is 0 Å². The highest BCUT2D eigenvalue weighted by Gasteiger charge is 2.23. The molecule has 0 spiro atoms. The maximum absolute atomic E-state index is 6.63. The largest absolute Gasteiger partial charge is 0.310 e. The van der Waals surface area contributed by atoms with Gasteiger partial charge in [0, 0.05) is 22.0 Å². The summed E-state index contributed by atoms with van der Waals surface area (Å²) in [5.74, 6) is 0. The van der Waals surface area contributed by atoms with Crippen LogP contribution in [0.4, 0.5) is 17.1 Å². The molecular formula is C37H44ClN. The van der Waals surface area contributed by atoms with Crippen molar-refractivity contribution in [2.75, 3.05) is 4.90 Å². The predicted octanol–water partition coefficient (Wildman–Crippen LogP) is 11.7. The first-order valence-corrected chi connectivity index (χ1v) is 14.4. The van der Waals surface area contributed by atoms with Crippen LogP contribution in [-0.2, 0) is 16.2 Å². The van der Waals surface area contributed by atoms with Gasteiger partial charge in [-0.05, 0) is 93.5 Å². The van der Waals surface area contributed by atoms with E-state index >= 15 is 0 Å². The lowest BCUT2D eigenvalue weighted by molar-refractivity contribution is 0.590. The summed E-state index contributed by atoms with van der Waals surface area (Å²) in [6.07, 6.45) is 0. The molecule has 39 heavy (non-hydrogen) atoms. The molecule has 4 rings (SSSR count). The van der Waals surface area contributed by atoms with Crippen molar-refractivity contribution in [2.45, 2.75) is 85.5 Å². The molecule has 4 aromatic carbocycles. The fourth-order valence-corrected chi connectivity index (χ4v) is 5.25. The van der Waals surface area contributed by atoms with E-state index < -0.39 is 0 Å². The Morgan fingerprint density at radius 3 is 1.49 bits per heavy atom. The fraction of sp³-hybridized carbons (Fsp3) is 0.351. The Morgan fingerprint density at radius 1 is 0.513 bits per heavy atom. The number of anilines is 3. The third kappa shape index (κ3) is 6.59. The van der Waals surface area contributed by atoms with Crippen molar-refractivity contribution in [3.05, 3.63) is 112 Å². The predicted molar refractivity (Wildman–Crippen MR) is 172 cm³/mol. The van der Waals surface area contributed by atoms with Gasteiger partial charge in [0.05, 0.1) is 5.69 Å². The van der Waals surface area contributed by atoms with Crippen LogP contribution in [0, 0.1) is 6.92 Å². The van der Waals surface area contributed by atoms with E-state index in [0.717, 1.165) is 27.6 Å². The minimum Gasteiger partial charge on any atom is -0.310 e. The van der Waals surface area contributed by atoms with Crippen molar-refractivity contribution in [3.63, 3.8) is 0 Å². The van der Waals surface area contributed by atoms with Gasteiger partial charge in [-0.2, -0.15) is 0 Å². The molecule has 1 nitrogen and oxygen atoms in total. The number of hydrogen-bond donors (Lipinski definition) is 0. The van der Waals surface area contributed by atoms with E-state index in [-0.39, 0.29) is 16.2 Å². The van der Waals surface area contributed by atoms with Crippen molar-refractivity contribution >= 4 is 28.7 Å². The maximum Gasteiger partial charge on any atom is 0.0540 e. The van der Waals surface area contributed by atoms with Crippen molar-refractivity contribution in [1.29, 1.82) is 0 Å². The monoisotopic (exact) mass is 537 g/mol. The van der Waals surface area contributed by atoms with Gasteiger partial charge < -0.3 is 4.90 Å². The van der Waals surface area contributed by atoms with Crippen molar-refractivity contribution in [1.82, 2.24) is 0 Å². The van der Waals surface area contributed by atoms with Gasteiger partial charge in [-0.15, -0.1) is 0 Å². The van der Waals surface area contributed by atoms with Gasteiger partial charge >= 0.3 is 0 Å². The van der Waals surface area contributed by atoms with Gasteiger partial charge in [-0.25, -0.2) is 0 Å². The number of rotatable bonds is 4. The second-order valence-electron chi connectivity index (χ2n) is 13.9. The number of nitrogens with zero attached hydrogens (tertiary/aromatic N) is 1. The molecule has 4 aromatic rings. The van der Waals surface area contributed by atoms with E-state index in [2.05, 4.69) is 153 Å². The first kappa shape index (κ1) is 29.0. The van der Waals surface area contributed by atoms with Gasteiger partial charge in [-0.3, -0.25) is 0 Å². The van der Waals surface area contributed by atoms with E-state index in [4.69, 9.17) is 11.6 Å².